The minimum absolute atomic E-state index is 0.0429. The molecule has 3 heterocycles. The number of carbonyl (C=O) groups excluding carboxylic acids is 2. The van der Waals surface area contributed by atoms with E-state index in [0.717, 1.165) is 35.4 Å². The smallest absolute Gasteiger partial charge is 0.228 e. The van der Waals surface area contributed by atoms with Crippen molar-refractivity contribution in [2.24, 2.45) is 5.92 Å². The lowest BCUT2D eigenvalue weighted by molar-refractivity contribution is -0.131. The highest BCUT2D eigenvalue weighted by atomic mass is 32.1. The zero-order chi connectivity index (χ0) is 15.8. The predicted molar refractivity (Wildman–Crippen MR) is 87.1 cm³/mol. The Hall–Kier alpha value is -2.15. The molecule has 2 amide bonds. The Morgan fingerprint density at radius 3 is 3.04 bits per heavy atom. The summed E-state index contributed by atoms with van der Waals surface area (Å²) in [6, 6.07) is 3.94. The second-order valence-electron chi connectivity index (χ2n) is 6.11. The van der Waals surface area contributed by atoms with Crippen molar-refractivity contribution < 1.29 is 9.59 Å². The van der Waals surface area contributed by atoms with Crippen molar-refractivity contribution in [2.45, 2.75) is 32.2 Å². The van der Waals surface area contributed by atoms with Gasteiger partial charge in [0.05, 0.1) is 13.0 Å². The van der Waals surface area contributed by atoms with E-state index in [9.17, 15) is 9.59 Å². The molecule has 23 heavy (non-hydrogen) atoms. The largest absolute Gasteiger partial charge is 0.337 e. The molecule has 0 saturated heterocycles. The van der Waals surface area contributed by atoms with Gasteiger partial charge < -0.3 is 10.2 Å². The van der Waals surface area contributed by atoms with Crippen molar-refractivity contribution in [1.82, 2.24) is 15.1 Å². The third-order valence-corrected chi connectivity index (χ3v) is 5.26. The second-order valence-corrected chi connectivity index (χ2v) is 7.15. The second kappa shape index (κ2) is 5.81. The number of nitrogens with zero attached hydrogens (tertiary/aromatic N) is 2. The normalized spacial score (nSPS) is 17.0. The van der Waals surface area contributed by atoms with E-state index in [1.54, 1.807) is 11.3 Å². The molecule has 0 spiro atoms. The van der Waals surface area contributed by atoms with Crippen molar-refractivity contribution in [3.8, 4) is 0 Å². The summed E-state index contributed by atoms with van der Waals surface area (Å²) in [5, 5.41) is 12.1. The summed E-state index contributed by atoms with van der Waals surface area (Å²) in [4.78, 5) is 27.3. The molecule has 0 atom stereocenters. The van der Waals surface area contributed by atoms with Crippen LogP contribution in [0.2, 0.25) is 0 Å². The Balaban J connectivity index is 1.46. The van der Waals surface area contributed by atoms with Gasteiger partial charge in [0.25, 0.3) is 0 Å². The number of aromatic amines is 1. The first-order valence-electron chi connectivity index (χ1n) is 7.88. The lowest BCUT2D eigenvalue weighted by Crippen LogP contribution is -2.37. The average molecular weight is 330 g/mol. The molecule has 6 nitrogen and oxygen atoms in total. The van der Waals surface area contributed by atoms with Crippen LogP contribution >= 0.6 is 11.3 Å². The van der Waals surface area contributed by atoms with Gasteiger partial charge in [0.2, 0.25) is 11.8 Å². The number of anilines is 1. The molecule has 1 fully saturated rings. The molecule has 2 N–H and O–H groups in total. The highest BCUT2D eigenvalue weighted by Gasteiger charge is 2.32. The van der Waals surface area contributed by atoms with Gasteiger partial charge >= 0.3 is 0 Å². The molecular weight excluding hydrogens is 312 g/mol. The van der Waals surface area contributed by atoms with E-state index in [0.29, 0.717) is 25.3 Å². The molecule has 1 saturated carbocycles. The van der Waals surface area contributed by atoms with Crippen molar-refractivity contribution in [1.29, 1.82) is 0 Å². The highest BCUT2D eigenvalue weighted by Crippen LogP contribution is 2.31. The summed E-state index contributed by atoms with van der Waals surface area (Å²) in [6.07, 6.45) is 3.11. The molecule has 4 rings (SSSR count). The fourth-order valence-electron chi connectivity index (χ4n) is 2.85. The predicted octanol–water partition coefficient (Wildman–Crippen LogP) is 1.95. The molecular formula is C16H18N4O2S. The highest BCUT2D eigenvalue weighted by molar-refractivity contribution is 7.10. The topological polar surface area (TPSA) is 78.1 Å². The number of rotatable bonds is 4. The van der Waals surface area contributed by atoms with Crippen molar-refractivity contribution in [2.75, 3.05) is 11.9 Å². The average Bonchev–Trinajstić information content (AvgIpc) is 3.16. The van der Waals surface area contributed by atoms with Crippen molar-refractivity contribution >= 4 is 29.0 Å². The van der Waals surface area contributed by atoms with Crippen LogP contribution in [0.5, 0.6) is 0 Å². The van der Waals surface area contributed by atoms with Crippen LogP contribution in [-0.2, 0) is 29.0 Å². The fraction of sp³-hybridized carbons (Fsp3) is 0.438. The number of fused-ring (bicyclic) bond motifs is 1. The number of carbonyl (C=O) groups is 2. The van der Waals surface area contributed by atoms with Gasteiger partial charge in [0.15, 0.2) is 5.82 Å². The lowest BCUT2D eigenvalue weighted by atomic mass is 10.1. The number of amides is 2. The Bertz CT molecular complexity index is 733. The molecule has 2 aromatic rings. The number of hydrogen-bond acceptors (Lipinski definition) is 4. The summed E-state index contributed by atoms with van der Waals surface area (Å²) in [5.41, 5.74) is 1.97. The van der Waals surface area contributed by atoms with Crippen molar-refractivity contribution in [3.05, 3.63) is 33.6 Å². The van der Waals surface area contributed by atoms with Crippen LogP contribution in [0.3, 0.4) is 0 Å². The number of thiophene rings is 1. The number of nitrogens with one attached hydrogen (secondary N) is 2. The zero-order valence-electron chi connectivity index (χ0n) is 12.7. The van der Waals surface area contributed by atoms with Gasteiger partial charge in [-0.15, -0.1) is 11.3 Å². The van der Waals surface area contributed by atoms with Gasteiger partial charge in [-0.1, -0.05) is 6.07 Å². The van der Waals surface area contributed by atoms with Gasteiger partial charge in [-0.05, 0) is 24.3 Å². The summed E-state index contributed by atoms with van der Waals surface area (Å²) in [6.45, 7) is 1.20. The molecule has 1 aliphatic heterocycles. The van der Waals surface area contributed by atoms with Crippen molar-refractivity contribution in [3.63, 3.8) is 0 Å². The quantitative estimate of drug-likeness (QED) is 0.899. The van der Waals surface area contributed by atoms with E-state index in [1.165, 1.54) is 0 Å². The van der Waals surface area contributed by atoms with Crippen LogP contribution in [0.4, 0.5) is 5.82 Å². The maximum absolute atomic E-state index is 12.5. The number of hydrogen-bond donors (Lipinski definition) is 2. The van der Waals surface area contributed by atoms with Gasteiger partial charge in [0, 0.05) is 35.0 Å². The molecule has 2 aromatic heterocycles. The van der Waals surface area contributed by atoms with Crippen LogP contribution in [0.25, 0.3) is 0 Å². The standard InChI is InChI=1S/C16H18N4O2S/c21-14(8-11-2-1-7-23-11)20-6-5-13-12(9-20)15(19-18-13)17-16(22)10-3-4-10/h1-2,7,10H,3-6,8-9H2,(H2,17,18,19,22). The van der Waals surface area contributed by atoms with E-state index in [4.69, 9.17) is 0 Å². The minimum Gasteiger partial charge on any atom is -0.337 e. The molecule has 2 aliphatic rings. The molecule has 1 aliphatic carbocycles. The lowest BCUT2D eigenvalue weighted by Gasteiger charge is -2.27. The third-order valence-electron chi connectivity index (χ3n) is 4.38. The first-order valence-corrected chi connectivity index (χ1v) is 8.76. The number of aromatic nitrogens is 2. The summed E-state index contributed by atoms with van der Waals surface area (Å²) >= 11 is 1.60. The van der Waals surface area contributed by atoms with Gasteiger partial charge in [-0.2, -0.15) is 5.10 Å². The molecule has 120 valence electrons. The minimum atomic E-state index is 0.0429. The Labute approximate surface area is 137 Å². The van der Waals surface area contributed by atoms with E-state index < -0.39 is 0 Å². The van der Waals surface area contributed by atoms with Gasteiger partial charge in [-0.25, -0.2) is 0 Å². The maximum Gasteiger partial charge on any atom is 0.228 e. The van der Waals surface area contributed by atoms with Crippen LogP contribution in [0.1, 0.15) is 29.0 Å². The molecule has 0 unspecified atom stereocenters. The van der Waals surface area contributed by atoms with Gasteiger partial charge in [0.1, 0.15) is 0 Å². The fourth-order valence-corrected chi connectivity index (χ4v) is 3.55. The molecule has 0 aromatic carbocycles. The molecule has 0 bridgehead atoms. The SMILES string of the molecule is O=C(Nc1n[nH]c2c1CN(C(=O)Cc1cccs1)CC2)C1CC1. The Morgan fingerprint density at radius 2 is 2.30 bits per heavy atom. The van der Waals surface area contributed by atoms with Crippen LogP contribution < -0.4 is 5.32 Å². The van der Waals surface area contributed by atoms with Crippen LogP contribution in [0.15, 0.2) is 17.5 Å². The van der Waals surface area contributed by atoms with Crippen LogP contribution in [-0.4, -0.2) is 33.5 Å². The zero-order valence-corrected chi connectivity index (χ0v) is 13.5. The molecule has 0 radical (unpaired) electrons. The molecule has 7 heteroatoms. The summed E-state index contributed by atoms with van der Waals surface area (Å²) < 4.78 is 0. The first kappa shape index (κ1) is 14.4. The van der Waals surface area contributed by atoms with E-state index in [1.807, 2.05) is 22.4 Å². The van der Waals surface area contributed by atoms with E-state index in [2.05, 4.69) is 15.5 Å². The Kier molecular flexibility index (Phi) is 3.65. The Morgan fingerprint density at radius 1 is 1.43 bits per heavy atom. The summed E-state index contributed by atoms with van der Waals surface area (Å²) in [7, 11) is 0. The van der Waals surface area contributed by atoms with E-state index in [-0.39, 0.29) is 17.7 Å². The number of H-pyrrole nitrogens is 1. The van der Waals surface area contributed by atoms with Crippen LogP contribution in [0, 0.1) is 5.92 Å². The maximum atomic E-state index is 12.5. The summed E-state index contributed by atoms with van der Waals surface area (Å²) in [5.74, 6) is 0.896. The first-order chi connectivity index (χ1) is 11.2. The third kappa shape index (κ3) is 3.01. The van der Waals surface area contributed by atoms with E-state index >= 15 is 0 Å². The van der Waals surface area contributed by atoms with Gasteiger partial charge in [-0.3, -0.25) is 14.7 Å². The monoisotopic (exact) mass is 330 g/mol.